The van der Waals surface area contributed by atoms with Crippen molar-refractivity contribution in [3.63, 3.8) is 0 Å². The molecule has 1 aromatic rings. The van der Waals surface area contributed by atoms with E-state index in [4.69, 9.17) is 16.7 Å². The lowest BCUT2D eigenvalue weighted by Gasteiger charge is -2.15. The molecule has 0 spiro atoms. The second-order valence-corrected chi connectivity index (χ2v) is 4.70. The van der Waals surface area contributed by atoms with E-state index in [1.807, 2.05) is 0 Å². The van der Waals surface area contributed by atoms with Crippen molar-refractivity contribution in [3.8, 4) is 0 Å². The quantitative estimate of drug-likeness (QED) is 0.856. The summed E-state index contributed by atoms with van der Waals surface area (Å²) in [4.78, 5) is 10.8. The maximum absolute atomic E-state index is 13.7. The second kappa shape index (κ2) is 4.63. The molecule has 3 nitrogen and oxygen atoms in total. The fourth-order valence-electron chi connectivity index (χ4n) is 2.14. The third kappa shape index (κ3) is 2.28. The summed E-state index contributed by atoms with van der Waals surface area (Å²) in [5.41, 5.74) is 1.18. The number of aryl methyl sites for hydroxylation is 1. The molecule has 0 radical (unpaired) electrons. The fourth-order valence-corrected chi connectivity index (χ4v) is 2.43. The van der Waals surface area contributed by atoms with Crippen LogP contribution in [-0.4, -0.2) is 17.6 Å². The van der Waals surface area contributed by atoms with Gasteiger partial charge in [-0.2, -0.15) is 0 Å². The minimum atomic E-state index is -0.857. The van der Waals surface area contributed by atoms with Crippen LogP contribution in [0.2, 0.25) is 5.02 Å². The maximum Gasteiger partial charge on any atom is 0.307 e. The molecule has 0 bridgehead atoms. The van der Waals surface area contributed by atoms with Crippen LogP contribution in [0.4, 0.5) is 4.39 Å². The zero-order valence-corrected chi connectivity index (χ0v) is 10.1. The Hall–Kier alpha value is -1.13. The summed E-state index contributed by atoms with van der Waals surface area (Å²) >= 11 is 6.08. The number of hydrogen-bond donors (Lipinski definition) is 2. The van der Waals surface area contributed by atoms with Gasteiger partial charge in [-0.05, 0) is 25.0 Å². The van der Waals surface area contributed by atoms with Crippen LogP contribution >= 0.6 is 11.6 Å². The summed E-state index contributed by atoms with van der Waals surface area (Å²) in [6, 6.07) is 2.67. The van der Waals surface area contributed by atoms with E-state index in [0.717, 1.165) is 5.56 Å². The zero-order valence-electron chi connectivity index (χ0n) is 9.34. The second-order valence-electron chi connectivity index (χ2n) is 4.32. The van der Waals surface area contributed by atoms with Crippen molar-refractivity contribution in [2.75, 3.05) is 6.54 Å². The van der Waals surface area contributed by atoms with E-state index in [9.17, 15) is 9.18 Å². The number of carboxylic acids is 1. The summed E-state index contributed by atoms with van der Waals surface area (Å²) < 4.78 is 13.7. The number of hydrogen-bond acceptors (Lipinski definition) is 2. The van der Waals surface area contributed by atoms with Crippen LogP contribution in [0.1, 0.15) is 23.6 Å². The zero-order chi connectivity index (χ0) is 12.6. The summed E-state index contributed by atoms with van der Waals surface area (Å²) in [6.45, 7) is 2.15. The SMILES string of the molecule is Cc1ccc(F)c(C2CC(C(=O)O)CN2)c1Cl. The Kier molecular flexibility index (Phi) is 3.35. The van der Waals surface area contributed by atoms with E-state index < -0.39 is 11.9 Å². The van der Waals surface area contributed by atoms with Gasteiger partial charge >= 0.3 is 5.97 Å². The van der Waals surface area contributed by atoms with Gasteiger partial charge in [-0.1, -0.05) is 17.7 Å². The van der Waals surface area contributed by atoms with Crippen LogP contribution in [0.25, 0.3) is 0 Å². The molecule has 1 aromatic carbocycles. The molecule has 0 aliphatic carbocycles. The smallest absolute Gasteiger partial charge is 0.307 e. The molecule has 2 rings (SSSR count). The highest BCUT2D eigenvalue weighted by molar-refractivity contribution is 6.32. The molecule has 2 unspecified atom stereocenters. The van der Waals surface area contributed by atoms with E-state index in [1.165, 1.54) is 6.07 Å². The molecule has 1 fully saturated rings. The molecule has 2 N–H and O–H groups in total. The standard InChI is InChI=1S/C12H13ClFNO2/c1-6-2-3-8(14)10(11(6)13)9-4-7(5-15-9)12(16)17/h2-3,7,9,15H,4-5H2,1H3,(H,16,17). The summed E-state index contributed by atoms with van der Waals surface area (Å²) in [7, 11) is 0. The first kappa shape index (κ1) is 12.3. The molecule has 2 atom stereocenters. The number of carbonyl (C=O) groups is 1. The van der Waals surface area contributed by atoms with Crippen molar-refractivity contribution in [2.45, 2.75) is 19.4 Å². The van der Waals surface area contributed by atoms with Crippen LogP contribution in [0, 0.1) is 18.7 Å². The summed E-state index contributed by atoms with van der Waals surface area (Å²) in [5.74, 6) is -1.72. The van der Waals surface area contributed by atoms with Gasteiger partial charge in [-0.15, -0.1) is 0 Å². The van der Waals surface area contributed by atoms with Gasteiger partial charge in [0.15, 0.2) is 0 Å². The van der Waals surface area contributed by atoms with Crippen LogP contribution in [0.15, 0.2) is 12.1 Å². The molecule has 5 heteroatoms. The van der Waals surface area contributed by atoms with E-state index in [-0.39, 0.29) is 11.9 Å². The molecular formula is C12H13ClFNO2. The maximum atomic E-state index is 13.7. The van der Waals surface area contributed by atoms with Gasteiger partial charge in [0.05, 0.1) is 10.9 Å². The van der Waals surface area contributed by atoms with E-state index in [1.54, 1.807) is 13.0 Å². The molecule has 0 saturated carbocycles. The van der Waals surface area contributed by atoms with Gasteiger partial charge in [0.2, 0.25) is 0 Å². The Morgan fingerprint density at radius 3 is 2.88 bits per heavy atom. The molecule has 1 heterocycles. The minimum absolute atomic E-state index is 0.316. The van der Waals surface area contributed by atoms with Crippen molar-refractivity contribution in [1.82, 2.24) is 5.32 Å². The predicted molar refractivity (Wildman–Crippen MR) is 62.6 cm³/mol. The summed E-state index contributed by atoms with van der Waals surface area (Å²) in [6.07, 6.45) is 0.370. The first-order valence-corrected chi connectivity index (χ1v) is 5.79. The molecule has 92 valence electrons. The third-order valence-corrected chi connectivity index (χ3v) is 3.65. The van der Waals surface area contributed by atoms with Gasteiger partial charge < -0.3 is 10.4 Å². The van der Waals surface area contributed by atoms with Gasteiger partial charge in [-0.25, -0.2) is 4.39 Å². The highest BCUT2D eigenvalue weighted by Crippen LogP contribution is 2.35. The van der Waals surface area contributed by atoms with Crippen LogP contribution in [-0.2, 0) is 4.79 Å². The normalized spacial score (nSPS) is 23.9. The molecule has 17 heavy (non-hydrogen) atoms. The van der Waals surface area contributed by atoms with Gasteiger partial charge in [0.1, 0.15) is 5.82 Å². The highest BCUT2D eigenvalue weighted by Gasteiger charge is 2.32. The fraction of sp³-hybridized carbons (Fsp3) is 0.417. The van der Waals surface area contributed by atoms with Crippen LogP contribution in [0.3, 0.4) is 0 Å². The van der Waals surface area contributed by atoms with Crippen molar-refractivity contribution in [1.29, 1.82) is 0 Å². The van der Waals surface area contributed by atoms with Gasteiger partial charge in [0.25, 0.3) is 0 Å². The van der Waals surface area contributed by atoms with Gasteiger partial charge in [-0.3, -0.25) is 4.79 Å². The van der Waals surface area contributed by atoms with Gasteiger partial charge in [0, 0.05) is 18.2 Å². The molecule has 1 saturated heterocycles. The molecule has 1 aliphatic heterocycles. The van der Waals surface area contributed by atoms with Crippen molar-refractivity contribution >= 4 is 17.6 Å². The van der Waals surface area contributed by atoms with Crippen LogP contribution in [0.5, 0.6) is 0 Å². The molecule has 0 amide bonds. The number of halogens is 2. The average molecular weight is 258 g/mol. The lowest BCUT2D eigenvalue weighted by atomic mass is 9.98. The lowest BCUT2D eigenvalue weighted by Crippen LogP contribution is -2.18. The largest absolute Gasteiger partial charge is 0.481 e. The van der Waals surface area contributed by atoms with Crippen molar-refractivity contribution < 1.29 is 14.3 Å². The topological polar surface area (TPSA) is 49.3 Å². The lowest BCUT2D eigenvalue weighted by molar-refractivity contribution is -0.141. The first-order valence-electron chi connectivity index (χ1n) is 5.41. The first-order chi connectivity index (χ1) is 8.00. The third-order valence-electron chi connectivity index (χ3n) is 3.15. The van der Waals surface area contributed by atoms with E-state index >= 15 is 0 Å². The Morgan fingerprint density at radius 1 is 1.59 bits per heavy atom. The number of rotatable bonds is 2. The van der Waals surface area contributed by atoms with Crippen LogP contribution < -0.4 is 5.32 Å². The number of carboxylic acid groups (broad SMARTS) is 1. The minimum Gasteiger partial charge on any atom is -0.481 e. The average Bonchev–Trinajstić information content (AvgIpc) is 2.73. The van der Waals surface area contributed by atoms with Crippen molar-refractivity contribution in [2.24, 2.45) is 5.92 Å². The monoisotopic (exact) mass is 257 g/mol. The van der Waals surface area contributed by atoms with E-state index in [2.05, 4.69) is 5.32 Å². The highest BCUT2D eigenvalue weighted by atomic mass is 35.5. The number of aliphatic carboxylic acids is 1. The number of benzene rings is 1. The Morgan fingerprint density at radius 2 is 2.29 bits per heavy atom. The molecular weight excluding hydrogens is 245 g/mol. The predicted octanol–water partition coefficient (Wildman–Crippen LogP) is 2.52. The Bertz CT molecular complexity index is 464. The number of nitrogens with one attached hydrogen (secondary N) is 1. The Labute approximate surface area is 104 Å². The summed E-state index contributed by atoms with van der Waals surface area (Å²) in [5, 5.41) is 12.3. The van der Waals surface area contributed by atoms with Crippen molar-refractivity contribution in [3.05, 3.63) is 34.1 Å². The Balaban J connectivity index is 2.30. The molecule has 1 aliphatic rings. The molecule has 0 aromatic heterocycles. The van der Waals surface area contributed by atoms with E-state index in [0.29, 0.717) is 23.6 Å².